The number of hydrogen-bond acceptors (Lipinski definition) is 8. The molecule has 0 radical (unpaired) electrons. The summed E-state index contributed by atoms with van der Waals surface area (Å²) >= 11 is 0. The minimum Gasteiger partial charge on any atom is -0.368 e. The molecule has 0 spiro atoms. The summed E-state index contributed by atoms with van der Waals surface area (Å²) in [6.45, 7) is 10.0. The number of dihydropyridines is 1. The Hall–Kier alpha value is -3.37. The molecule has 0 unspecified atom stereocenters. The van der Waals surface area contributed by atoms with Crippen LogP contribution in [-0.4, -0.2) is 68.7 Å². The number of piperazine rings is 1. The van der Waals surface area contributed by atoms with E-state index in [1.165, 1.54) is 11.8 Å². The number of imidazole rings is 1. The summed E-state index contributed by atoms with van der Waals surface area (Å²) in [5.74, 6) is 0.603. The van der Waals surface area contributed by atoms with Crippen molar-refractivity contribution in [2.75, 3.05) is 44.6 Å². The van der Waals surface area contributed by atoms with Gasteiger partial charge in [0.15, 0.2) is 11.5 Å². The zero-order valence-corrected chi connectivity index (χ0v) is 18.8. The zero-order valence-electron chi connectivity index (χ0n) is 18.8. The van der Waals surface area contributed by atoms with Crippen molar-refractivity contribution < 1.29 is 4.39 Å². The molecule has 3 N–H and O–H groups in total. The smallest absolute Gasteiger partial charge is 0.229 e. The van der Waals surface area contributed by atoms with Gasteiger partial charge < -0.3 is 20.5 Å². The Labute approximate surface area is 191 Å². The maximum absolute atomic E-state index is 14.6. The summed E-state index contributed by atoms with van der Waals surface area (Å²) in [4.78, 5) is 19.7. The first-order valence-corrected chi connectivity index (χ1v) is 11.3. The van der Waals surface area contributed by atoms with Crippen molar-refractivity contribution in [1.29, 1.82) is 0 Å². The van der Waals surface area contributed by atoms with Crippen LogP contribution in [-0.2, 0) is 0 Å². The minimum absolute atomic E-state index is 0.199. The normalized spacial score (nSPS) is 17.1. The van der Waals surface area contributed by atoms with Crippen LogP contribution in [0.5, 0.6) is 0 Å². The van der Waals surface area contributed by atoms with Crippen LogP contribution in [0.15, 0.2) is 48.3 Å². The molecule has 1 fully saturated rings. The number of fused-ring (bicyclic) bond motifs is 1. The van der Waals surface area contributed by atoms with E-state index in [0.29, 0.717) is 17.2 Å². The van der Waals surface area contributed by atoms with Gasteiger partial charge in [0.05, 0.1) is 18.0 Å². The second kappa shape index (κ2) is 9.24. The van der Waals surface area contributed by atoms with E-state index in [0.717, 1.165) is 50.6 Å². The Morgan fingerprint density at radius 1 is 1.12 bits per heavy atom. The Morgan fingerprint density at radius 2 is 1.97 bits per heavy atom. The van der Waals surface area contributed by atoms with Gasteiger partial charge in [0.25, 0.3) is 0 Å². The molecule has 0 bridgehead atoms. The quantitative estimate of drug-likeness (QED) is 0.528. The van der Waals surface area contributed by atoms with E-state index < -0.39 is 5.82 Å². The summed E-state index contributed by atoms with van der Waals surface area (Å²) in [5.41, 5.74) is 3.57. The van der Waals surface area contributed by atoms with Crippen LogP contribution in [0.1, 0.15) is 19.9 Å². The van der Waals surface area contributed by atoms with Crippen LogP contribution < -0.4 is 16.0 Å². The monoisotopic (exact) mass is 449 g/mol. The Morgan fingerprint density at radius 3 is 2.73 bits per heavy atom. The molecule has 1 saturated heterocycles. The van der Waals surface area contributed by atoms with Crippen molar-refractivity contribution >= 4 is 17.1 Å². The molecule has 33 heavy (non-hydrogen) atoms. The fourth-order valence-electron chi connectivity index (χ4n) is 4.08. The Bertz CT molecular complexity index is 1210. The molecule has 2 aliphatic rings. The standard InChI is InChI=1S/C23H28FN9/c1-15(2)33-14-29-22-19(33)9-17(11-27-22)21-18(24)12-28-23(31-21)30-20-4-3-16(10-26-20)13-32-7-5-25-6-8-32/h3-4,9,11-12,14-15,25-26H,5-8,10,13H2,1-2H3,(H,28,30,31). The molecule has 0 aliphatic carbocycles. The highest BCUT2D eigenvalue weighted by Crippen LogP contribution is 2.25. The van der Waals surface area contributed by atoms with Gasteiger partial charge in [-0.15, -0.1) is 0 Å². The van der Waals surface area contributed by atoms with Gasteiger partial charge >= 0.3 is 0 Å². The van der Waals surface area contributed by atoms with Gasteiger partial charge in [-0.1, -0.05) is 6.08 Å². The predicted octanol–water partition coefficient (Wildman–Crippen LogP) is 2.30. The molecule has 10 heteroatoms. The summed E-state index contributed by atoms with van der Waals surface area (Å²) in [6.07, 6.45) is 8.63. The molecule has 9 nitrogen and oxygen atoms in total. The van der Waals surface area contributed by atoms with Gasteiger partial charge in [-0.2, -0.15) is 0 Å². The third-order valence-corrected chi connectivity index (χ3v) is 5.88. The van der Waals surface area contributed by atoms with Gasteiger partial charge in [0.2, 0.25) is 5.95 Å². The molecule has 2 aliphatic heterocycles. The van der Waals surface area contributed by atoms with Crippen molar-refractivity contribution in [3.05, 3.63) is 54.2 Å². The van der Waals surface area contributed by atoms with Crippen LogP contribution in [0.25, 0.3) is 22.4 Å². The summed E-state index contributed by atoms with van der Waals surface area (Å²) in [7, 11) is 0. The molecule has 3 aromatic heterocycles. The van der Waals surface area contributed by atoms with Gasteiger partial charge in [-0.25, -0.2) is 24.3 Å². The minimum atomic E-state index is -0.499. The number of hydrogen-bond donors (Lipinski definition) is 3. The zero-order chi connectivity index (χ0) is 22.8. The molecular formula is C23H28FN9. The molecular weight excluding hydrogens is 421 g/mol. The first kappa shape index (κ1) is 21.5. The van der Waals surface area contributed by atoms with E-state index in [1.54, 1.807) is 12.5 Å². The van der Waals surface area contributed by atoms with E-state index in [-0.39, 0.29) is 11.7 Å². The fraction of sp³-hybridized carbons (Fsp3) is 0.391. The third kappa shape index (κ3) is 4.71. The third-order valence-electron chi connectivity index (χ3n) is 5.88. The number of rotatable bonds is 6. The average molecular weight is 450 g/mol. The number of anilines is 1. The lowest BCUT2D eigenvalue weighted by molar-refractivity contribution is 0.258. The molecule has 0 amide bonds. The van der Waals surface area contributed by atoms with E-state index in [1.807, 2.05) is 16.7 Å². The first-order valence-electron chi connectivity index (χ1n) is 11.3. The lowest BCUT2D eigenvalue weighted by Crippen LogP contribution is -2.45. The van der Waals surface area contributed by atoms with Crippen LogP contribution in [0.4, 0.5) is 10.3 Å². The summed E-state index contributed by atoms with van der Waals surface area (Å²) < 4.78 is 16.6. The highest BCUT2D eigenvalue weighted by atomic mass is 19.1. The average Bonchev–Trinajstić information content (AvgIpc) is 3.26. The van der Waals surface area contributed by atoms with Gasteiger partial charge in [-0.3, -0.25) is 4.90 Å². The van der Waals surface area contributed by atoms with Crippen LogP contribution in [0, 0.1) is 5.82 Å². The fourth-order valence-corrected chi connectivity index (χ4v) is 4.08. The highest BCUT2D eigenvalue weighted by Gasteiger charge is 2.16. The van der Waals surface area contributed by atoms with Crippen molar-refractivity contribution in [2.24, 2.45) is 0 Å². The van der Waals surface area contributed by atoms with Gasteiger partial charge in [-0.05, 0) is 31.6 Å². The predicted molar refractivity (Wildman–Crippen MR) is 126 cm³/mol. The molecule has 0 aromatic carbocycles. The molecule has 0 atom stereocenters. The second-order valence-corrected chi connectivity index (χ2v) is 8.61. The Kier molecular flexibility index (Phi) is 6.01. The first-order chi connectivity index (χ1) is 16.1. The molecule has 5 rings (SSSR count). The van der Waals surface area contributed by atoms with Crippen molar-refractivity contribution in [2.45, 2.75) is 19.9 Å². The Balaban J connectivity index is 1.34. The van der Waals surface area contributed by atoms with Crippen LogP contribution in [0.3, 0.4) is 0 Å². The number of allylic oxidation sites excluding steroid dienone is 2. The van der Waals surface area contributed by atoms with E-state index in [9.17, 15) is 4.39 Å². The number of aromatic nitrogens is 5. The summed E-state index contributed by atoms with van der Waals surface area (Å²) in [6, 6.07) is 2.08. The van der Waals surface area contributed by atoms with E-state index in [4.69, 9.17) is 0 Å². The molecule has 3 aromatic rings. The van der Waals surface area contributed by atoms with E-state index in [2.05, 4.69) is 60.7 Å². The lowest BCUT2D eigenvalue weighted by Gasteiger charge is -2.29. The number of pyridine rings is 1. The number of nitrogens with zero attached hydrogens (tertiary/aromatic N) is 6. The largest absolute Gasteiger partial charge is 0.368 e. The van der Waals surface area contributed by atoms with Gasteiger partial charge in [0.1, 0.15) is 11.5 Å². The van der Waals surface area contributed by atoms with Crippen LogP contribution >= 0.6 is 0 Å². The van der Waals surface area contributed by atoms with Gasteiger partial charge in [0, 0.05) is 57.1 Å². The van der Waals surface area contributed by atoms with Crippen molar-refractivity contribution in [3.63, 3.8) is 0 Å². The molecule has 5 heterocycles. The lowest BCUT2D eigenvalue weighted by atomic mass is 10.1. The number of halogens is 1. The second-order valence-electron chi connectivity index (χ2n) is 8.61. The molecule has 0 saturated carbocycles. The van der Waals surface area contributed by atoms with Crippen molar-refractivity contribution in [3.8, 4) is 11.3 Å². The van der Waals surface area contributed by atoms with Crippen molar-refractivity contribution in [1.82, 2.24) is 40.0 Å². The summed E-state index contributed by atoms with van der Waals surface area (Å²) in [5, 5.41) is 9.90. The maximum atomic E-state index is 14.6. The van der Waals surface area contributed by atoms with E-state index >= 15 is 0 Å². The highest BCUT2D eigenvalue weighted by molar-refractivity contribution is 5.77. The molecule has 172 valence electrons. The van der Waals surface area contributed by atoms with Crippen LogP contribution in [0.2, 0.25) is 0 Å². The number of nitrogens with one attached hydrogen (secondary N) is 3. The topological polar surface area (TPSA) is 95.8 Å². The SMILES string of the molecule is CC(C)n1cnc2ncc(-c3nc(NC4=CC=C(CN5CCNCC5)CN4)ncc3F)cc21. The maximum Gasteiger partial charge on any atom is 0.229 e.